The number of aliphatic hydroxyl groups is 1. The van der Waals surface area contributed by atoms with Crippen LogP contribution in [0.25, 0.3) is 5.20 Å². The van der Waals surface area contributed by atoms with Crippen LogP contribution in [0.4, 0.5) is 5.69 Å². The third-order valence-electron chi connectivity index (χ3n) is 5.79. The van der Waals surface area contributed by atoms with Gasteiger partial charge in [0.15, 0.2) is 0 Å². The number of fused-ring (bicyclic) bond motifs is 2. The maximum atomic E-state index is 9.55. The molecule has 1 heterocycles. The third-order valence-corrected chi connectivity index (χ3v) is 24.7. The molecule has 2 nitrogen and oxygen atoms in total. The van der Waals surface area contributed by atoms with E-state index in [1.54, 1.807) is 10.4 Å². The molecule has 0 radical (unpaired) electrons. The first-order valence-electron chi connectivity index (χ1n) is 8.53. The zero-order valence-corrected chi connectivity index (χ0v) is 21.0. The molecule has 0 aromatic heterocycles. The number of hydrogen-bond donors (Lipinski definition) is 2. The summed E-state index contributed by atoms with van der Waals surface area (Å²) in [6, 6.07) is 7.81. The van der Waals surface area contributed by atoms with Gasteiger partial charge in [0.25, 0.3) is 0 Å². The molecule has 1 aromatic rings. The van der Waals surface area contributed by atoms with Gasteiger partial charge in [-0.25, -0.2) is 0 Å². The molecule has 1 aromatic carbocycles. The van der Waals surface area contributed by atoms with Crippen LogP contribution >= 0.6 is 0 Å². The summed E-state index contributed by atoms with van der Waals surface area (Å²) < 4.78 is 0.587. The number of anilines is 1. The summed E-state index contributed by atoms with van der Waals surface area (Å²) >= 11 is 2.39. The molecule has 0 spiro atoms. The van der Waals surface area contributed by atoms with E-state index in [2.05, 4.69) is 84.4 Å². The summed E-state index contributed by atoms with van der Waals surface area (Å²) in [5, 5.41) is 16.8. The maximum absolute atomic E-state index is 9.55. The fraction of sp³-hybridized carbons (Fsp3) is 0.556. The molecular formula is C18H28Cl2NOSi2Ti. The minimum Gasteiger partial charge on any atom is -1.00 e. The number of rotatable bonds is 4. The summed E-state index contributed by atoms with van der Waals surface area (Å²) in [4.78, 5) is 0. The van der Waals surface area contributed by atoms with E-state index < -0.39 is 15.2 Å². The standard InChI is InChI=1S/C18H28NOSi2.2ClH.Ti/c1-18(2,3)19-14-9-7-8-13-12-15-17(16(13)14)22(15,6)21(4,5)11-10-20;;;/h7-9,12,19-20H,10-11H2,1-6H3;2*1H;/q;;;+2/p-2. The zero-order valence-electron chi connectivity index (χ0n) is 15.9. The Labute approximate surface area is 178 Å². The molecule has 3 rings (SSSR count). The summed E-state index contributed by atoms with van der Waals surface area (Å²) in [6.07, 6.45) is 0. The zero-order chi connectivity index (χ0) is 17.2. The normalized spacial score (nSPS) is 24.1. The van der Waals surface area contributed by atoms with Crippen molar-refractivity contribution in [2.45, 2.75) is 56.2 Å². The van der Waals surface area contributed by atoms with Crippen LogP contribution in [-0.2, 0) is 20.4 Å². The topological polar surface area (TPSA) is 32.3 Å². The first-order valence-corrected chi connectivity index (χ1v) is 16.1. The predicted molar refractivity (Wildman–Crippen MR) is 100 cm³/mol. The van der Waals surface area contributed by atoms with Crippen molar-refractivity contribution in [3.8, 4) is 0 Å². The maximum Gasteiger partial charge on any atom is -1.00 e. The van der Waals surface area contributed by atoms with E-state index >= 15 is 0 Å². The Balaban J connectivity index is 0.00000156. The quantitative estimate of drug-likeness (QED) is 0.533. The Morgan fingerprint density at radius 2 is 1.84 bits per heavy atom. The van der Waals surface area contributed by atoms with Crippen LogP contribution in [0.3, 0.4) is 0 Å². The molecule has 1 aliphatic heterocycles. The van der Waals surface area contributed by atoms with Crippen LogP contribution < -0.4 is 30.1 Å². The van der Waals surface area contributed by atoms with E-state index in [9.17, 15) is 5.11 Å². The minimum absolute atomic E-state index is 0. The van der Waals surface area contributed by atoms with Gasteiger partial charge >= 0.3 is 154 Å². The molecule has 0 saturated carbocycles. The second-order valence-electron chi connectivity index (χ2n) is 8.85. The molecule has 2 unspecified atom stereocenters. The van der Waals surface area contributed by atoms with Gasteiger partial charge in [-0.1, -0.05) is 0 Å². The van der Waals surface area contributed by atoms with Crippen molar-refractivity contribution >= 4 is 26.1 Å². The van der Waals surface area contributed by atoms with Crippen molar-refractivity contribution in [2.75, 3.05) is 11.9 Å². The molecule has 25 heavy (non-hydrogen) atoms. The smallest absolute Gasteiger partial charge is 1.00 e. The predicted octanol–water partition coefficient (Wildman–Crippen LogP) is -1.79. The summed E-state index contributed by atoms with van der Waals surface area (Å²) in [5.74, 6) is 0. The molecule has 1 aliphatic carbocycles. The van der Waals surface area contributed by atoms with Crippen LogP contribution in [0.1, 0.15) is 36.1 Å². The first kappa shape index (κ1) is 23.5. The third kappa shape index (κ3) is 3.61. The molecule has 2 N–H and O–H groups in total. The molecule has 7 heteroatoms. The average Bonchev–Trinajstić information content (AvgIpc) is 2.91. The Morgan fingerprint density at radius 1 is 1.24 bits per heavy atom. The van der Waals surface area contributed by atoms with Gasteiger partial charge in [0, 0.05) is 0 Å². The number of allylic oxidation sites excluding steroid dienone is 1. The van der Waals surface area contributed by atoms with Crippen molar-refractivity contribution in [2.24, 2.45) is 0 Å². The molecule has 2 atom stereocenters. The SMILES string of the molecule is CC(C)(C)Nc1cccc2c1C1=C([CH]2[Ti+2])[Si]1(C)[Si](C)(C)CCO.[Cl-].[Cl-]. The Hall–Kier alpha value is 0.448. The summed E-state index contributed by atoms with van der Waals surface area (Å²) in [5.41, 5.74) is 4.43. The fourth-order valence-electron chi connectivity index (χ4n) is 4.20. The molecule has 0 amide bonds. The Bertz CT molecular complexity index is 703. The minimum atomic E-state index is -1.45. The van der Waals surface area contributed by atoms with Gasteiger partial charge in [-0.05, 0) is 0 Å². The van der Waals surface area contributed by atoms with E-state index in [0.29, 0.717) is 10.8 Å². The van der Waals surface area contributed by atoms with E-state index in [4.69, 9.17) is 0 Å². The number of benzene rings is 1. The second kappa shape index (κ2) is 7.46. The van der Waals surface area contributed by atoms with Crippen LogP contribution in [0.15, 0.2) is 23.4 Å². The molecule has 137 valence electrons. The number of halogens is 2. The van der Waals surface area contributed by atoms with E-state index in [1.165, 1.54) is 16.8 Å². The molecule has 2 aliphatic rings. The number of hydrogen-bond acceptors (Lipinski definition) is 2. The Kier molecular flexibility index (Phi) is 7.01. The second-order valence-corrected chi connectivity index (χ2v) is 24.4. The van der Waals surface area contributed by atoms with Gasteiger partial charge in [0.05, 0.1) is 0 Å². The summed E-state index contributed by atoms with van der Waals surface area (Å²) in [6.45, 7) is 14.6. The van der Waals surface area contributed by atoms with E-state index in [1.807, 2.05) is 0 Å². The van der Waals surface area contributed by atoms with Crippen molar-refractivity contribution in [1.29, 1.82) is 0 Å². The first-order chi connectivity index (χ1) is 10.5. The van der Waals surface area contributed by atoms with E-state index in [-0.39, 0.29) is 30.4 Å². The van der Waals surface area contributed by atoms with Crippen molar-refractivity contribution < 1.29 is 50.4 Å². The molecule has 0 saturated heterocycles. The number of aliphatic hydroxyl groups excluding tert-OH is 1. The van der Waals surface area contributed by atoms with Gasteiger partial charge in [0.2, 0.25) is 0 Å². The molecule has 0 bridgehead atoms. The van der Waals surface area contributed by atoms with Gasteiger partial charge in [0.1, 0.15) is 0 Å². The summed E-state index contributed by atoms with van der Waals surface area (Å²) in [7, 11) is -2.85. The largest absolute Gasteiger partial charge is 1.00 e. The van der Waals surface area contributed by atoms with Gasteiger partial charge in [-0.3, -0.25) is 0 Å². The van der Waals surface area contributed by atoms with Crippen molar-refractivity contribution in [3.05, 3.63) is 34.5 Å². The monoisotopic (exact) mass is 448 g/mol. The Morgan fingerprint density at radius 3 is 2.36 bits per heavy atom. The van der Waals surface area contributed by atoms with Crippen LogP contribution in [-0.4, -0.2) is 32.4 Å². The van der Waals surface area contributed by atoms with Crippen molar-refractivity contribution in [3.63, 3.8) is 0 Å². The molecule has 0 fully saturated rings. The van der Waals surface area contributed by atoms with Gasteiger partial charge in [-0.2, -0.15) is 0 Å². The fourth-order valence-corrected chi connectivity index (χ4v) is 20.5. The molecular weight excluding hydrogens is 421 g/mol. The van der Waals surface area contributed by atoms with Crippen LogP contribution in [0.5, 0.6) is 0 Å². The van der Waals surface area contributed by atoms with Gasteiger partial charge < -0.3 is 24.8 Å². The van der Waals surface area contributed by atoms with Crippen LogP contribution in [0, 0.1) is 0 Å². The van der Waals surface area contributed by atoms with Crippen molar-refractivity contribution in [1.82, 2.24) is 0 Å². The number of nitrogens with one attached hydrogen (secondary N) is 1. The van der Waals surface area contributed by atoms with E-state index in [0.717, 1.165) is 6.04 Å². The van der Waals surface area contributed by atoms with Crippen LogP contribution in [0.2, 0.25) is 25.7 Å². The average molecular weight is 449 g/mol. The van der Waals surface area contributed by atoms with Gasteiger partial charge in [-0.15, -0.1) is 0 Å².